The van der Waals surface area contributed by atoms with Crippen LogP contribution in [-0.4, -0.2) is 20.9 Å². The quantitative estimate of drug-likeness (QED) is 0.549. The molecule has 0 aliphatic rings. The minimum atomic E-state index is -3.73. The molecule has 3 aromatic carbocycles. The topological polar surface area (TPSA) is 84.5 Å². The van der Waals surface area contributed by atoms with Gasteiger partial charge in [-0.1, -0.05) is 29.8 Å². The summed E-state index contributed by atoms with van der Waals surface area (Å²) in [7, 11) is -3.73. The number of anilines is 2. The van der Waals surface area contributed by atoms with Crippen molar-refractivity contribution in [1.82, 2.24) is 0 Å². The second kappa shape index (κ2) is 9.19. The number of carbonyl (C=O) groups excluding carboxylic acids is 1. The zero-order valence-electron chi connectivity index (χ0n) is 16.5. The van der Waals surface area contributed by atoms with Crippen LogP contribution >= 0.6 is 11.6 Å². The molecule has 1 amide bonds. The lowest BCUT2D eigenvalue weighted by molar-refractivity contribution is -0.118. The van der Waals surface area contributed by atoms with E-state index in [1.54, 1.807) is 30.3 Å². The monoisotopic (exact) mass is 444 g/mol. The van der Waals surface area contributed by atoms with Gasteiger partial charge in [-0.3, -0.25) is 9.52 Å². The van der Waals surface area contributed by atoms with Crippen molar-refractivity contribution in [3.8, 4) is 5.75 Å². The van der Waals surface area contributed by atoms with Gasteiger partial charge in [0.25, 0.3) is 15.9 Å². The number of halogens is 1. The van der Waals surface area contributed by atoms with E-state index in [1.165, 1.54) is 24.3 Å². The summed E-state index contributed by atoms with van der Waals surface area (Å²) in [6.07, 6.45) is 0. The SMILES string of the molecule is Cc1ccccc1NS(=O)(=O)c1ccc(NC(=O)COc2ccc(Cl)cc2C)cc1. The predicted octanol–water partition coefficient (Wildman–Crippen LogP) is 4.78. The van der Waals surface area contributed by atoms with Crippen molar-refractivity contribution < 1.29 is 17.9 Å². The number of carbonyl (C=O) groups is 1. The summed E-state index contributed by atoms with van der Waals surface area (Å²) in [5.41, 5.74) is 2.63. The van der Waals surface area contributed by atoms with E-state index in [4.69, 9.17) is 16.3 Å². The highest BCUT2D eigenvalue weighted by Crippen LogP contribution is 2.22. The van der Waals surface area contributed by atoms with Crippen LogP contribution in [0, 0.1) is 13.8 Å². The van der Waals surface area contributed by atoms with Gasteiger partial charge in [-0.25, -0.2) is 8.42 Å². The van der Waals surface area contributed by atoms with E-state index in [0.29, 0.717) is 22.1 Å². The molecule has 6 nitrogen and oxygen atoms in total. The number of para-hydroxylation sites is 1. The molecular weight excluding hydrogens is 424 g/mol. The van der Waals surface area contributed by atoms with E-state index in [2.05, 4.69) is 10.0 Å². The van der Waals surface area contributed by atoms with Gasteiger partial charge in [0.1, 0.15) is 5.75 Å². The summed E-state index contributed by atoms with van der Waals surface area (Å²) in [6, 6.07) is 18.2. The van der Waals surface area contributed by atoms with Crippen LogP contribution in [0.5, 0.6) is 5.75 Å². The molecule has 0 bridgehead atoms. The Hall–Kier alpha value is -3.03. The van der Waals surface area contributed by atoms with Crippen LogP contribution in [0.3, 0.4) is 0 Å². The van der Waals surface area contributed by atoms with Crippen molar-refractivity contribution in [1.29, 1.82) is 0 Å². The van der Waals surface area contributed by atoms with E-state index < -0.39 is 10.0 Å². The largest absolute Gasteiger partial charge is 0.483 e. The lowest BCUT2D eigenvalue weighted by Gasteiger charge is -2.12. The number of hydrogen-bond donors (Lipinski definition) is 2. The first-order chi connectivity index (χ1) is 14.2. The van der Waals surface area contributed by atoms with Gasteiger partial charge >= 0.3 is 0 Å². The van der Waals surface area contributed by atoms with Crippen molar-refractivity contribution in [3.63, 3.8) is 0 Å². The number of ether oxygens (including phenoxy) is 1. The van der Waals surface area contributed by atoms with Gasteiger partial charge in [-0.05, 0) is 73.5 Å². The molecule has 0 fully saturated rings. The summed E-state index contributed by atoms with van der Waals surface area (Å²) in [6.45, 7) is 3.48. The lowest BCUT2D eigenvalue weighted by Crippen LogP contribution is -2.20. The van der Waals surface area contributed by atoms with Gasteiger partial charge < -0.3 is 10.1 Å². The number of rotatable bonds is 7. The molecule has 0 radical (unpaired) electrons. The van der Waals surface area contributed by atoms with E-state index >= 15 is 0 Å². The lowest BCUT2D eigenvalue weighted by atomic mass is 10.2. The highest BCUT2D eigenvalue weighted by molar-refractivity contribution is 7.92. The van der Waals surface area contributed by atoms with Crippen molar-refractivity contribution >= 4 is 38.9 Å². The third-order valence-electron chi connectivity index (χ3n) is 4.33. The normalized spacial score (nSPS) is 11.0. The van der Waals surface area contributed by atoms with Crippen LogP contribution < -0.4 is 14.8 Å². The minimum Gasteiger partial charge on any atom is -0.483 e. The van der Waals surface area contributed by atoms with Gasteiger partial charge in [-0.15, -0.1) is 0 Å². The fraction of sp³-hybridized carbons (Fsp3) is 0.136. The summed E-state index contributed by atoms with van der Waals surface area (Å²) in [5, 5.41) is 3.27. The Morgan fingerprint density at radius 3 is 2.33 bits per heavy atom. The molecule has 2 N–H and O–H groups in total. The zero-order valence-corrected chi connectivity index (χ0v) is 18.0. The van der Waals surface area contributed by atoms with E-state index in [-0.39, 0.29) is 17.4 Å². The standard InChI is InChI=1S/C22H21ClN2O4S/c1-15-5-3-4-6-20(15)25-30(27,28)19-10-8-18(9-11-19)24-22(26)14-29-21-12-7-17(23)13-16(21)2/h3-13,25H,14H2,1-2H3,(H,24,26). The molecule has 0 aliphatic carbocycles. The van der Waals surface area contributed by atoms with Crippen molar-refractivity contribution in [2.24, 2.45) is 0 Å². The molecule has 156 valence electrons. The van der Waals surface area contributed by atoms with Crippen LogP contribution in [-0.2, 0) is 14.8 Å². The molecule has 3 rings (SSSR count). The second-order valence-corrected chi connectivity index (χ2v) is 8.81. The van der Waals surface area contributed by atoms with Gasteiger partial charge in [0, 0.05) is 10.7 Å². The fourth-order valence-corrected chi connectivity index (χ4v) is 4.08. The molecule has 0 heterocycles. The molecule has 0 aromatic heterocycles. The number of sulfonamides is 1. The number of aryl methyl sites for hydroxylation is 2. The van der Waals surface area contributed by atoms with Crippen LogP contribution in [0.25, 0.3) is 0 Å². The van der Waals surface area contributed by atoms with Gasteiger partial charge in [0.05, 0.1) is 10.6 Å². The molecule has 3 aromatic rings. The first-order valence-electron chi connectivity index (χ1n) is 9.12. The fourth-order valence-electron chi connectivity index (χ4n) is 2.72. The highest BCUT2D eigenvalue weighted by atomic mass is 35.5. The zero-order chi connectivity index (χ0) is 21.7. The van der Waals surface area contributed by atoms with Gasteiger partial charge in [0.2, 0.25) is 0 Å². The maximum atomic E-state index is 12.6. The van der Waals surface area contributed by atoms with Crippen molar-refractivity contribution in [2.45, 2.75) is 18.7 Å². The first kappa shape index (κ1) is 21.7. The second-order valence-electron chi connectivity index (χ2n) is 6.69. The van der Waals surface area contributed by atoms with Crippen molar-refractivity contribution in [3.05, 3.63) is 82.9 Å². The third kappa shape index (κ3) is 5.52. The Labute approximate surface area is 180 Å². The first-order valence-corrected chi connectivity index (χ1v) is 11.0. The Morgan fingerprint density at radius 2 is 1.67 bits per heavy atom. The molecule has 0 spiro atoms. The highest BCUT2D eigenvalue weighted by Gasteiger charge is 2.15. The van der Waals surface area contributed by atoms with Gasteiger partial charge in [0.15, 0.2) is 6.61 Å². The molecule has 0 aliphatic heterocycles. The Kier molecular flexibility index (Phi) is 6.64. The van der Waals surface area contributed by atoms with Crippen LogP contribution in [0.1, 0.15) is 11.1 Å². The summed E-state index contributed by atoms with van der Waals surface area (Å²) in [4.78, 5) is 12.2. The Bertz CT molecular complexity index is 1160. The third-order valence-corrected chi connectivity index (χ3v) is 5.95. The van der Waals surface area contributed by atoms with Crippen LogP contribution in [0.2, 0.25) is 5.02 Å². The number of nitrogens with one attached hydrogen (secondary N) is 2. The molecule has 0 saturated heterocycles. The van der Waals surface area contributed by atoms with E-state index in [1.807, 2.05) is 26.0 Å². The molecule has 0 saturated carbocycles. The maximum Gasteiger partial charge on any atom is 0.262 e. The minimum absolute atomic E-state index is 0.0943. The maximum absolute atomic E-state index is 12.6. The van der Waals surface area contributed by atoms with E-state index in [9.17, 15) is 13.2 Å². The molecule has 0 atom stereocenters. The van der Waals surface area contributed by atoms with Gasteiger partial charge in [-0.2, -0.15) is 0 Å². The number of benzene rings is 3. The predicted molar refractivity (Wildman–Crippen MR) is 119 cm³/mol. The number of amides is 1. The molecule has 0 unspecified atom stereocenters. The average molecular weight is 445 g/mol. The Balaban J connectivity index is 1.61. The molecular formula is C22H21ClN2O4S. The molecule has 8 heteroatoms. The Morgan fingerprint density at radius 1 is 0.967 bits per heavy atom. The summed E-state index contributed by atoms with van der Waals surface area (Å²) >= 11 is 5.90. The average Bonchev–Trinajstić information content (AvgIpc) is 2.69. The van der Waals surface area contributed by atoms with Crippen molar-refractivity contribution in [2.75, 3.05) is 16.6 Å². The smallest absolute Gasteiger partial charge is 0.262 e. The number of hydrogen-bond acceptors (Lipinski definition) is 4. The molecule has 30 heavy (non-hydrogen) atoms. The van der Waals surface area contributed by atoms with Crippen LogP contribution in [0.15, 0.2) is 71.6 Å². The van der Waals surface area contributed by atoms with E-state index in [0.717, 1.165) is 11.1 Å². The summed E-state index contributed by atoms with van der Waals surface area (Å²) < 4.78 is 33.2. The van der Waals surface area contributed by atoms with Crippen LogP contribution in [0.4, 0.5) is 11.4 Å². The summed E-state index contributed by atoms with van der Waals surface area (Å²) in [5.74, 6) is 0.205.